The summed E-state index contributed by atoms with van der Waals surface area (Å²) in [7, 11) is 0. The minimum atomic E-state index is -0.419. The van der Waals surface area contributed by atoms with Crippen molar-refractivity contribution >= 4 is 17.7 Å². The van der Waals surface area contributed by atoms with Gasteiger partial charge in [-0.2, -0.15) is 11.8 Å². The third-order valence-electron chi connectivity index (χ3n) is 2.82. The molecule has 1 atom stereocenters. The number of carbonyl (C=O) groups is 1. The number of amides is 1. The lowest BCUT2D eigenvalue weighted by Crippen LogP contribution is -2.29. The zero-order valence-electron chi connectivity index (χ0n) is 9.35. The SMILES string of the molecule is O=C(NCC1CCSC1)c1c(O)cccc1O. The Morgan fingerprint density at radius 3 is 2.71 bits per heavy atom. The minimum absolute atomic E-state index is 0.0434. The van der Waals surface area contributed by atoms with Gasteiger partial charge in [0.15, 0.2) is 0 Å². The summed E-state index contributed by atoms with van der Waals surface area (Å²) in [6.07, 6.45) is 1.11. The summed E-state index contributed by atoms with van der Waals surface area (Å²) in [5.74, 6) is 1.90. The monoisotopic (exact) mass is 253 g/mol. The van der Waals surface area contributed by atoms with E-state index < -0.39 is 5.91 Å². The van der Waals surface area contributed by atoms with Gasteiger partial charge >= 0.3 is 0 Å². The van der Waals surface area contributed by atoms with E-state index in [1.165, 1.54) is 18.2 Å². The number of nitrogens with one attached hydrogen (secondary N) is 1. The van der Waals surface area contributed by atoms with Crippen LogP contribution in [-0.2, 0) is 0 Å². The van der Waals surface area contributed by atoms with Crippen LogP contribution in [0.3, 0.4) is 0 Å². The lowest BCUT2D eigenvalue weighted by molar-refractivity contribution is 0.0943. The molecule has 1 amide bonds. The smallest absolute Gasteiger partial charge is 0.258 e. The number of rotatable bonds is 3. The molecule has 0 saturated carbocycles. The van der Waals surface area contributed by atoms with Crippen molar-refractivity contribution in [1.82, 2.24) is 5.32 Å². The summed E-state index contributed by atoms with van der Waals surface area (Å²) >= 11 is 1.89. The Morgan fingerprint density at radius 2 is 2.12 bits per heavy atom. The number of carbonyl (C=O) groups excluding carboxylic acids is 1. The molecule has 4 nitrogen and oxygen atoms in total. The number of hydrogen-bond acceptors (Lipinski definition) is 4. The van der Waals surface area contributed by atoms with Crippen molar-refractivity contribution in [2.75, 3.05) is 18.1 Å². The molecule has 5 heteroatoms. The Bertz CT molecular complexity index is 396. The predicted molar refractivity (Wildman–Crippen MR) is 67.5 cm³/mol. The highest BCUT2D eigenvalue weighted by Crippen LogP contribution is 2.26. The fourth-order valence-corrected chi connectivity index (χ4v) is 3.12. The molecular formula is C12H15NO3S. The zero-order valence-corrected chi connectivity index (χ0v) is 10.2. The van der Waals surface area contributed by atoms with E-state index in [1.54, 1.807) is 0 Å². The topological polar surface area (TPSA) is 69.6 Å². The number of hydrogen-bond donors (Lipinski definition) is 3. The van der Waals surface area contributed by atoms with Crippen molar-refractivity contribution in [1.29, 1.82) is 0 Å². The minimum Gasteiger partial charge on any atom is -0.507 e. The zero-order chi connectivity index (χ0) is 12.3. The third-order valence-corrected chi connectivity index (χ3v) is 4.05. The van der Waals surface area contributed by atoms with Crippen LogP contribution in [0.15, 0.2) is 18.2 Å². The van der Waals surface area contributed by atoms with E-state index in [1.807, 2.05) is 11.8 Å². The van der Waals surface area contributed by atoms with Crippen LogP contribution in [0.4, 0.5) is 0 Å². The quantitative estimate of drug-likeness (QED) is 0.765. The lowest BCUT2D eigenvalue weighted by atomic mass is 10.1. The van der Waals surface area contributed by atoms with Crippen molar-refractivity contribution in [3.8, 4) is 11.5 Å². The standard InChI is InChI=1S/C12H15NO3S/c14-9-2-1-3-10(15)11(9)12(16)13-6-8-4-5-17-7-8/h1-3,8,14-15H,4-7H2,(H,13,16). The molecule has 0 bridgehead atoms. The number of phenols is 2. The molecule has 17 heavy (non-hydrogen) atoms. The fourth-order valence-electron chi connectivity index (χ4n) is 1.83. The molecule has 2 rings (SSSR count). The van der Waals surface area contributed by atoms with Crippen LogP contribution in [0.2, 0.25) is 0 Å². The van der Waals surface area contributed by atoms with Gasteiger partial charge < -0.3 is 15.5 Å². The van der Waals surface area contributed by atoms with Crippen LogP contribution in [-0.4, -0.2) is 34.2 Å². The first kappa shape index (κ1) is 12.1. The Hall–Kier alpha value is -1.36. The van der Waals surface area contributed by atoms with Gasteiger partial charge in [0.05, 0.1) is 0 Å². The molecule has 1 aromatic rings. The van der Waals surface area contributed by atoms with Gasteiger partial charge in [0, 0.05) is 6.54 Å². The summed E-state index contributed by atoms with van der Waals surface area (Å²) in [5, 5.41) is 21.8. The number of aromatic hydroxyl groups is 2. The first-order chi connectivity index (χ1) is 8.18. The number of thioether (sulfide) groups is 1. The second kappa shape index (κ2) is 5.31. The Kier molecular flexibility index (Phi) is 3.78. The highest BCUT2D eigenvalue weighted by molar-refractivity contribution is 7.99. The summed E-state index contributed by atoms with van der Waals surface area (Å²) < 4.78 is 0. The Balaban J connectivity index is 1.99. The van der Waals surface area contributed by atoms with Crippen LogP contribution in [0, 0.1) is 5.92 Å². The van der Waals surface area contributed by atoms with E-state index in [9.17, 15) is 15.0 Å². The normalized spacial score (nSPS) is 19.2. The summed E-state index contributed by atoms with van der Waals surface area (Å²) in [6.45, 7) is 0.597. The molecule has 0 aromatic heterocycles. The maximum atomic E-state index is 11.8. The van der Waals surface area contributed by atoms with Gasteiger partial charge in [-0.25, -0.2) is 0 Å². The van der Waals surface area contributed by atoms with Gasteiger partial charge in [-0.1, -0.05) is 6.07 Å². The molecule has 3 N–H and O–H groups in total. The maximum absolute atomic E-state index is 11.8. The van der Waals surface area contributed by atoms with Gasteiger partial charge in [-0.15, -0.1) is 0 Å². The van der Waals surface area contributed by atoms with E-state index in [0.29, 0.717) is 12.5 Å². The first-order valence-electron chi connectivity index (χ1n) is 5.55. The molecule has 1 aliphatic rings. The Labute approximate surface area is 104 Å². The predicted octanol–water partition coefficient (Wildman–Crippen LogP) is 1.58. The van der Waals surface area contributed by atoms with E-state index in [0.717, 1.165) is 17.9 Å². The molecule has 0 aliphatic carbocycles. The molecule has 1 saturated heterocycles. The molecule has 0 radical (unpaired) electrons. The van der Waals surface area contributed by atoms with Gasteiger partial charge in [-0.05, 0) is 36.0 Å². The van der Waals surface area contributed by atoms with Crippen molar-refractivity contribution in [2.24, 2.45) is 5.92 Å². The molecule has 0 spiro atoms. The van der Waals surface area contributed by atoms with Crippen molar-refractivity contribution in [3.05, 3.63) is 23.8 Å². The lowest BCUT2D eigenvalue weighted by Gasteiger charge is -2.11. The molecule has 1 aliphatic heterocycles. The largest absolute Gasteiger partial charge is 0.507 e. The van der Waals surface area contributed by atoms with Crippen molar-refractivity contribution < 1.29 is 15.0 Å². The van der Waals surface area contributed by atoms with Crippen LogP contribution in [0.5, 0.6) is 11.5 Å². The van der Waals surface area contributed by atoms with Gasteiger partial charge in [0.25, 0.3) is 5.91 Å². The van der Waals surface area contributed by atoms with Crippen LogP contribution >= 0.6 is 11.8 Å². The van der Waals surface area contributed by atoms with Crippen molar-refractivity contribution in [2.45, 2.75) is 6.42 Å². The fraction of sp³-hybridized carbons (Fsp3) is 0.417. The first-order valence-corrected chi connectivity index (χ1v) is 6.71. The summed E-state index contributed by atoms with van der Waals surface area (Å²) in [5.41, 5.74) is -0.0434. The molecule has 1 unspecified atom stereocenters. The van der Waals surface area contributed by atoms with Crippen molar-refractivity contribution in [3.63, 3.8) is 0 Å². The second-order valence-electron chi connectivity index (χ2n) is 4.11. The van der Waals surface area contributed by atoms with Crippen LogP contribution in [0.25, 0.3) is 0 Å². The summed E-state index contributed by atoms with van der Waals surface area (Å²) in [4.78, 5) is 11.8. The van der Waals surface area contributed by atoms with E-state index in [4.69, 9.17) is 0 Å². The molecular weight excluding hydrogens is 238 g/mol. The number of phenolic OH excluding ortho intramolecular Hbond substituents is 2. The molecule has 1 fully saturated rings. The Morgan fingerprint density at radius 1 is 1.41 bits per heavy atom. The number of benzene rings is 1. The van der Waals surface area contributed by atoms with Gasteiger partial charge in [-0.3, -0.25) is 4.79 Å². The van der Waals surface area contributed by atoms with E-state index in [2.05, 4.69) is 5.32 Å². The summed E-state index contributed by atoms with van der Waals surface area (Å²) in [6, 6.07) is 4.27. The maximum Gasteiger partial charge on any atom is 0.258 e. The molecule has 1 heterocycles. The van der Waals surface area contributed by atoms with E-state index in [-0.39, 0.29) is 17.1 Å². The van der Waals surface area contributed by atoms with Crippen LogP contribution < -0.4 is 5.32 Å². The van der Waals surface area contributed by atoms with Crippen LogP contribution in [0.1, 0.15) is 16.8 Å². The van der Waals surface area contributed by atoms with Gasteiger partial charge in [0.2, 0.25) is 0 Å². The van der Waals surface area contributed by atoms with Gasteiger partial charge in [0.1, 0.15) is 17.1 Å². The average molecular weight is 253 g/mol. The third kappa shape index (κ3) is 2.85. The highest BCUT2D eigenvalue weighted by Gasteiger charge is 2.19. The van der Waals surface area contributed by atoms with E-state index >= 15 is 0 Å². The molecule has 92 valence electrons. The second-order valence-corrected chi connectivity index (χ2v) is 5.26. The molecule has 1 aromatic carbocycles. The highest BCUT2D eigenvalue weighted by atomic mass is 32.2. The average Bonchev–Trinajstić information content (AvgIpc) is 2.79.